The summed E-state index contributed by atoms with van der Waals surface area (Å²) in [4.78, 5) is 0. The smallest absolute Gasteiger partial charge is 0.165 e. The van der Waals surface area contributed by atoms with Gasteiger partial charge in [0.15, 0.2) is 7.91 Å². The zero-order valence-electron chi connectivity index (χ0n) is 13.8. The number of nitrogens with zero attached hydrogens (tertiary/aromatic N) is 2. The summed E-state index contributed by atoms with van der Waals surface area (Å²) in [6, 6.07) is 2.22. The Bertz CT molecular complexity index is 936. The summed E-state index contributed by atoms with van der Waals surface area (Å²) in [7, 11) is 0. The Hall–Kier alpha value is -1.08. The molecule has 2 aromatic heterocycles. The van der Waals surface area contributed by atoms with E-state index in [1.54, 1.807) is 22.7 Å². The number of hydrogen-bond acceptors (Lipinski definition) is 4. The van der Waals surface area contributed by atoms with Crippen LogP contribution in [0.1, 0.15) is 28.1 Å². The van der Waals surface area contributed by atoms with E-state index in [9.17, 15) is 0 Å². The monoisotopic (exact) mass is 378 g/mol. The molecule has 0 fully saturated rings. The third kappa shape index (κ3) is 2.67. The van der Waals surface area contributed by atoms with Gasteiger partial charge in [-0.2, -0.15) is 0 Å². The van der Waals surface area contributed by atoms with E-state index in [4.69, 9.17) is 24.4 Å². The van der Waals surface area contributed by atoms with Gasteiger partial charge in [-0.05, 0) is 81.8 Å². The van der Waals surface area contributed by atoms with Crippen molar-refractivity contribution in [3.8, 4) is 11.4 Å². The quantitative estimate of drug-likeness (QED) is 0.478. The maximum atomic E-state index is 5.54. The van der Waals surface area contributed by atoms with Crippen molar-refractivity contribution in [1.82, 2.24) is 9.13 Å². The van der Waals surface area contributed by atoms with Crippen molar-refractivity contribution in [2.24, 2.45) is 0 Å². The van der Waals surface area contributed by atoms with Crippen molar-refractivity contribution >= 4 is 47.1 Å². The topological polar surface area (TPSA) is 9.86 Å². The summed E-state index contributed by atoms with van der Waals surface area (Å²) in [5.41, 5.74) is 8.47. The van der Waals surface area contributed by atoms with E-state index < -0.39 is 0 Å². The van der Waals surface area contributed by atoms with Gasteiger partial charge < -0.3 is 0 Å². The second-order valence-electron chi connectivity index (χ2n) is 5.75. The van der Waals surface area contributed by atoms with Crippen molar-refractivity contribution in [3.63, 3.8) is 0 Å². The van der Waals surface area contributed by atoms with E-state index in [-0.39, 0.29) is 0 Å². The lowest BCUT2D eigenvalue weighted by molar-refractivity contribution is 0.948. The van der Waals surface area contributed by atoms with Crippen LogP contribution in [0.2, 0.25) is 0 Å². The first-order valence-corrected chi connectivity index (χ1v) is 9.86. The van der Waals surface area contributed by atoms with Crippen molar-refractivity contribution in [2.75, 3.05) is 0 Å². The number of hydrogen-bond donors (Lipinski definition) is 0. The molecule has 0 bridgehead atoms. The van der Waals surface area contributed by atoms with Gasteiger partial charge in [-0.1, -0.05) is 0 Å². The highest BCUT2D eigenvalue weighted by atomic mass is 32.2. The molecular weight excluding hydrogens is 360 g/mol. The highest BCUT2D eigenvalue weighted by molar-refractivity contribution is 7.73. The highest BCUT2D eigenvalue weighted by Gasteiger charge is 2.15. The molecule has 0 aliphatic rings. The number of thiazole rings is 2. The van der Waals surface area contributed by atoms with Crippen molar-refractivity contribution in [3.05, 3.63) is 52.8 Å². The Morgan fingerprint density at radius 2 is 1.09 bits per heavy atom. The summed E-state index contributed by atoms with van der Waals surface area (Å²) in [6.07, 6.45) is 0. The Morgan fingerprint density at radius 1 is 0.696 bits per heavy atom. The van der Waals surface area contributed by atoms with Gasteiger partial charge in [0.2, 0.25) is 0 Å². The molecule has 120 valence electrons. The summed E-state index contributed by atoms with van der Waals surface area (Å²) in [5, 5.41) is 4.22. The fourth-order valence-electron chi connectivity index (χ4n) is 2.82. The highest BCUT2D eigenvalue weighted by Crippen LogP contribution is 2.31. The summed E-state index contributed by atoms with van der Waals surface area (Å²) in [5.74, 6) is 0. The number of aromatic nitrogens is 2. The molecular formula is C17H18N2S4. The lowest BCUT2D eigenvalue weighted by atomic mass is 10.00. The van der Waals surface area contributed by atoms with Gasteiger partial charge in [0.1, 0.15) is 0 Å². The van der Waals surface area contributed by atoms with Crippen LogP contribution in [0.25, 0.3) is 11.4 Å². The normalized spacial score (nSPS) is 11.2. The molecule has 0 saturated heterocycles. The van der Waals surface area contributed by atoms with Gasteiger partial charge in [0.25, 0.3) is 0 Å². The van der Waals surface area contributed by atoms with Gasteiger partial charge in [0, 0.05) is 22.1 Å². The molecule has 3 rings (SSSR count). The molecule has 6 heteroatoms. The second-order valence-corrected chi connectivity index (χ2v) is 8.75. The van der Waals surface area contributed by atoms with Crippen LogP contribution in [0, 0.1) is 42.5 Å². The SMILES string of the molecule is Cc1c(-n2c(C)csc2=S)cc(-n2c(C)csc2=S)c(C)c1C. The fraction of sp³-hybridized carbons (Fsp3) is 0.294. The molecule has 2 nitrogen and oxygen atoms in total. The van der Waals surface area contributed by atoms with Crippen LogP contribution in [0.5, 0.6) is 0 Å². The first-order valence-electron chi connectivity index (χ1n) is 7.28. The van der Waals surface area contributed by atoms with E-state index in [2.05, 4.69) is 60.6 Å². The first kappa shape index (κ1) is 16.8. The largest absolute Gasteiger partial charge is 0.296 e. The van der Waals surface area contributed by atoms with Crippen molar-refractivity contribution in [1.29, 1.82) is 0 Å². The molecule has 0 atom stereocenters. The molecule has 0 aliphatic heterocycles. The molecule has 2 heterocycles. The van der Waals surface area contributed by atoms with Gasteiger partial charge in [-0.3, -0.25) is 9.13 Å². The van der Waals surface area contributed by atoms with Gasteiger partial charge in [-0.25, -0.2) is 0 Å². The van der Waals surface area contributed by atoms with E-state index in [1.165, 1.54) is 28.1 Å². The molecule has 0 amide bonds. The second kappa shape index (κ2) is 6.09. The Morgan fingerprint density at radius 3 is 1.39 bits per heavy atom. The van der Waals surface area contributed by atoms with Crippen molar-refractivity contribution in [2.45, 2.75) is 34.6 Å². The van der Waals surface area contributed by atoms with Crippen LogP contribution in [-0.2, 0) is 0 Å². The molecule has 1 aromatic carbocycles. The van der Waals surface area contributed by atoms with E-state index in [1.807, 2.05) is 0 Å². The fourth-order valence-corrected chi connectivity index (χ4v) is 5.05. The molecule has 23 heavy (non-hydrogen) atoms. The average Bonchev–Trinajstić information content (AvgIpc) is 3.01. The number of rotatable bonds is 2. The summed E-state index contributed by atoms with van der Waals surface area (Å²) in [6.45, 7) is 10.7. The van der Waals surface area contributed by atoms with Crippen LogP contribution in [0.15, 0.2) is 16.8 Å². The Kier molecular flexibility index (Phi) is 4.44. The van der Waals surface area contributed by atoms with Gasteiger partial charge >= 0.3 is 0 Å². The standard InChI is InChI=1S/C17H18N2S4/c1-9-7-22-16(20)18(9)14-6-15(13(5)11(3)12(14)4)19-10(2)8-23-17(19)21/h6-8H,1-5H3. The Labute approximate surface area is 154 Å². The van der Waals surface area contributed by atoms with Crippen molar-refractivity contribution < 1.29 is 0 Å². The van der Waals surface area contributed by atoms with Gasteiger partial charge in [-0.15, -0.1) is 22.7 Å². The Balaban J connectivity index is 2.41. The van der Waals surface area contributed by atoms with E-state index in [0.29, 0.717) is 0 Å². The minimum atomic E-state index is 0.880. The maximum absolute atomic E-state index is 5.54. The minimum absolute atomic E-state index is 0.880. The summed E-state index contributed by atoms with van der Waals surface area (Å²) < 4.78 is 6.09. The van der Waals surface area contributed by atoms with Crippen LogP contribution in [0.3, 0.4) is 0 Å². The van der Waals surface area contributed by atoms with Crippen LogP contribution >= 0.6 is 47.1 Å². The molecule has 0 saturated carbocycles. The van der Waals surface area contributed by atoms with E-state index in [0.717, 1.165) is 19.3 Å². The molecule has 0 N–H and O–H groups in total. The van der Waals surface area contributed by atoms with Gasteiger partial charge in [0.05, 0.1) is 11.4 Å². The first-order chi connectivity index (χ1) is 10.8. The molecule has 0 aliphatic carbocycles. The third-order valence-electron chi connectivity index (χ3n) is 4.38. The predicted molar refractivity (Wildman–Crippen MR) is 106 cm³/mol. The molecule has 0 unspecified atom stereocenters. The van der Waals surface area contributed by atoms with E-state index >= 15 is 0 Å². The zero-order valence-corrected chi connectivity index (χ0v) is 17.0. The molecule has 3 aromatic rings. The zero-order chi connectivity index (χ0) is 16.9. The number of benzene rings is 1. The maximum Gasteiger partial charge on any atom is 0.165 e. The molecule has 0 spiro atoms. The lowest BCUT2D eigenvalue weighted by Crippen LogP contribution is -2.07. The van der Waals surface area contributed by atoms with Crippen LogP contribution in [-0.4, -0.2) is 9.13 Å². The molecule has 0 radical (unpaired) electrons. The lowest BCUT2D eigenvalue weighted by Gasteiger charge is -2.19. The minimum Gasteiger partial charge on any atom is -0.296 e. The predicted octanol–water partition coefficient (Wildman–Crippen LogP) is 6.39. The van der Waals surface area contributed by atoms with Crippen LogP contribution < -0.4 is 0 Å². The number of aryl methyl sites for hydroxylation is 2. The third-order valence-corrected chi connectivity index (χ3v) is 7.01. The van der Waals surface area contributed by atoms with Crippen LogP contribution in [0.4, 0.5) is 0 Å². The summed E-state index contributed by atoms with van der Waals surface area (Å²) >= 11 is 14.3. The average molecular weight is 379 g/mol.